The van der Waals surface area contributed by atoms with E-state index in [4.69, 9.17) is 27.9 Å². The molecular formula is C23H17BrCl2N4O2. The van der Waals surface area contributed by atoms with Crippen LogP contribution in [0.25, 0.3) is 17.1 Å². The first-order valence-corrected chi connectivity index (χ1v) is 11.2. The molecule has 1 N–H and O–H groups in total. The number of benzene rings is 3. The molecule has 9 heteroatoms. The largest absolute Gasteiger partial charge is 0.494 e. The summed E-state index contributed by atoms with van der Waals surface area (Å²) >= 11 is 15.6. The van der Waals surface area contributed by atoms with Crippen molar-refractivity contribution in [2.45, 2.75) is 6.92 Å². The van der Waals surface area contributed by atoms with Crippen LogP contribution in [-0.4, -0.2) is 27.3 Å². The molecule has 6 nitrogen and oxygen atoms in total. The Balaban J connectivity index is 1.73. The van der Waals surface area contributed by atoms with Gasteiger partial charge in [0, 0.05) is 15.1 Å². The van der Waals surface area contributed by atoms with Gasteiger partial charge < -0.3 is 10.1 Å². The lowest BCUT2D eigenvalue weighted by Gasteiger charge is -2.08. The van der Waals surface area contributed by atoms with Crippen molar-refractivity contribution in [3.05, 3.63) is 87.1 Å². The first-order valence-electron chi connectivity index (χ1n) is 9.67. The van der Waals surface area contributed by atoms with Gasteiger partial charge >= 0.3 is 0 Å². The van der Waals surface area contributed by atoms with Crippen molar-refractivity contribution >= 4 is 50.7 Å². The number of amides is 1. The maximum absolute atomic E-state index is 12.9. The number of nitrogens with one attached hydrogen (secondary N) is 1. The van der Waals surface area contributed by atoms with Gasteiger partial charge in [-0.25, -0.2) is 9.67 Å². The minimum Gasteiger partial charge on any atom is -0.494 e. The normalized spacial score (nSPS) is 10.8. The standard InChI is InChI=1S/C23H17BrCl2N4O2/c1-2-32-18-10-8-17(9-11-18)30-22(14-3-5-15(24)6-4-14)28-21(29-30)23(31)27-20-12-7-16(25)13-19(20)26/h3-13H,2H2,1H3,(H,27,31). The topological polar surface area (TPSA) is 69.0 Å². The Kier molecular flexibility index (Phi) is 6.79. The molecule has 0 aliphatic carbocycles. The van der Waals surface area contributed by atoms with Crippen LogP contribution in [0.15, 0.2) is 71.2 Å². The zero-order chi connectivity index (χ0) is 22.7. The third-order valence-corrected chi connectivity index (χ3v) is 5.56. The van der Waals surface area contributed by atoms with Crippen LogP contribution in [-0.2, 0) is 0 Å². The number of carbonyl (C=O) groups excluding carboxylic acids is 1. The number of ether oxygens (including phenoxy) is 1. The van der Waals surface area contributed by atoms with Gasteiger partial charge in [-0.15, -0.1) is 5.10 Å². The zero-order valence-corrected chi connectivity index (χ0v) is 19.9. The first-order chi connectivity index (χ1) is 15.4. The van der Waals surface area contributed by atoms with Gasteiger partial charge in [0.25, 0.3) is 5.91 Å². The molecule has 1 amide bonds. The van der Waals surface area contributed by atoms with E-state index in [0.29, 0.717) is 28.2 Å². The first kappa shape index (κ1) is 22.3. The highest BCUT2D eigenvalue weighted by Gasteiger charge is 2.20. The molecule has 1 heterocycles. The number of aromatic nitrogens is 3. The fourth-order valence-corrected chi connectivity index (χ4v) is 3.71. The Bertz CT molecular complexity index is 1260. The molecule has 0 saturated heterocycles. The Hall–Kier alpha value is -2.87. The maximum Gasteiger partial charge on any atom is 0.295 e. The second-order valence-electron chi connectivity index (χ2n) is 6.68. The monoisotopic (exact) mass is 530 g/mol. The van der Waals surface area contributed by atoms with Gasteiger partial charge in [-0.1, -0.05) is 51.3 Å². The van der Waals surface area contributed by atoms with Crippen molar-refractivity contribution in [3.63, 3.8) is 0 Å². The van der Waals surface area contributed by atoms with Crippen LogP contribution in [0.2, 0.25) is 10.0 Å². The van der Waals surface area contributed by atoms with E-state index in [1.165, 1.54) is 0 Å². The van der Waals surface area contributed by atoms with Crippen molar-refractivity contribution in [3.8, 4) is 22.8 Å². The SMILES string of the molecule is CCOc1ccc(-n2nc(C(=O)Nc3ccc(Cl)cc3Cl)nc2-c2ccc(Br)cc2)cc1. The smallest absolute Gasteiger partial charge is 0.295 e. The lowest BCUT2D eigenvalue weighted by Crippen LogP contribution is -2.14. The van der Waals surface area contributed by atoms with E-state index in [-0.39, 0.29) is 5.82 Å². The summed E-state index contributed by atoms with van der Waals surface area (Å²) in [6.45, 7) is 2.50. The Morgan fingerprint density at radius 1 is 1.06 bits per heavy atom. The van der Waals surface area contributed by atoms with Gasteiger partial charge in [0.05, 0.1) is 23.0 Å². The molecule has 0 aliphatic rings. The van der Waals surface area contributed by atoms with Crippen LogP contribution in [0.1, 0.15) is 17.5 Å². The van der Waals surface area contributed by atoms with E-state index in [1.54, 1.807) is 22.9 Å². The predicted molar refractivity (Wildman–Crippen MR) is 130 cm³/mol. The summed E-state index contributed by atoms with van der Waals surface area (Å²) in [5.41, 5.74) is 1.96. The molecule has 32 heavy (non-hydrogen) atoms. The zero-order valence-electron chi connectivity index (χ0n) is 16.8. The van der Waals surface area contributed by atoms with Crippen LogP contribution in [0.4, 0.5) is 5.69 Å². The van der Waals surface area contributed by atoms with Crippen molar-refractivity contribution in [1.82, 2.24) is 14.8 Å². The number of anilines is 1. The lowest BCUT2D eigenvalue weighted by atomic mass is 10.2. The third-order valence-electron chi connectivity index (χ3n) is 4.48. The number of hydrogen-bond acceptors (Lipinski definition) is 4. The van der Waals surface area contributed by atoms with Crippen LogP contribution in [0.5, 0.6) is 5.75 Å². The molecule has 0 aliphatic heterocycles. The molecule has 0 atom stereocenters. The molecule has 1 aromatic heterocycles. The van der Waals surface area contributed by atoms with Gasteiger partial charge in [-0.05, 0) is 61.5 Å². The van der Waals surface area contributed by atoms with E-state index >= 15 is 0 Å². The van der Waals surface area contributed by atoms with Crippen LogP contribution < -0.4 is 10.1 Å². The molecule has 0 spiro atoms. The van der Waals surface area contributed by atoms with Crippen LogP contribution in [0, 0.1) is 0 Å². The van der Waals surface area contributed by atoms with Gasteiger partial charge in [0.1, 0.15) is 5.75 Å². The number of rotatable bonds is 6. The van der Waals surface area contributed by atoms with Crippen molar-refractivity contribution < 1.29 is 9.53 Å². The van der Waals surface area contributed by atoms with E-state index < -0.39 is 5.91 Å². The van der Waals surface area contributed by atoms with E-state index in [9.17, 15) is 4.79 Å². The van der Waals surface area contributed by atoms with Crippen LogP contribution >= 0.6 is 39.1 Å². The number of halogens is 3. The lowest BCUT2D eigenvalue weighted by molar-refractivity contribution is 0.101. The van der Waals surface area contributed by atoms with E-state index in [2.05, 4.69) is 31.3 Å². The number of nitrogens with zero attached hydrogens (tertiary/aromatic N) is 3. The van der Waals surface area contributed by atoms with Crippen molar-refractivity contribution in [1.29, 1.82) is 0 Å². The fraction of sp³-hybridized carbons (Fsp3) is 0.0870. The second-order valence-corrected chi connectivity index (χ2v) is 8.44. The molecule has 4 aromatic rings. The average molecular weight is 532 g/mol. The van der Waals surface area contributed by atoms with Crippen LogP contribution in [0.3, 0.4) is 0 Å². The summed E-state index contributed by atoms with van der Waals surface area (Å²) < 4.78 is 8.07. The summed E-state index contributed by atoms with van der Waals surface area (Å²) in [4.78, 5) is 17.4. The third kappa shape index (κ3) is 4.96. The molecule has 0 fully saturated rings. The Labute approximate surface area is 203 Å². The van der Waals surface area contributed by atoms with Gasteiger partial charge in [-0.2, -0.15) is 0 Å². The Morgan fingerprint density at radius 3 is 2.44 bits per heavy atom. The summed E-state index contributed by atoms with van der Waals surface area (Å²) in [6, 6.07) is 19.8. The van der Waals surface area contributed by atoms with Gasteiger partial charge in [-0.3, -0.25) is 4.79 Å². The quantitative estimate of drug-likeness (QED) is 0.302. The molecule has 3 aromatic carbocycles. The average Bonchev–Trinajstić information content (AvgIpc) is 3.22. The highest BCUT2D eigenvalue weighted by molar-refractivity contribution is 9.10. The maximum atomic E-state index is 12.9. The molecular weight excluding hydrogens is 515 g/mol. The minimum atomic E-state index is -0.489. The molecule has 0 bridgehead atoms. The minimum absolute atomic E-state index is 0.00261. The molecule has 0 unspecified atom stereocenters. The van der Waals surface area contributed by atoms with Gasteiger partial charge in [0.15, 0.2) is 5.82 Å². The summed E-state index contributed by atoms with van der Waals surface area (Å²) in [7, 11) is 0. The summed E-state index contributed by atoms with van der Waals surface area (Å²) in [6.07, 6.45) is 0. The van der Waals surface area contributed by atoms with Crippen molar-refractivity contribution in [2.75, 3.05) is 11.9 Å². The summed E-state index contributed by atoms with van der Waals surface area (Å²) in [5.74, 6) is 0.783. The number of hydrogen-bond donors (Lipinski definition) is 1. The predicted octanol–water partition coefficient (Wildman–Crippen LogP) is 6.65. The van der Waals surface area contributed by atoms with E-state index in [0.717, 1.165) is 21.5 Å². The highest BCUT2D eigenvalue weighted by Crippen LogP contribution is 2.27. The summed E-state index contributed by atoms with van der Waals surface area (Å²) in [5, 5.41) is 8.01. The molecule has 162 valence electrons. The molecule has 0 radical (unpaired) electrons. The number of carbonyl (C=O) groups is 1. The molecule has 4 rings (SSSR count). The van der Waals surface area contributed by atoms with Gasteiger partial charge in [0.2, 0.25) is 5.82 Å². The molecule has 0 saturated carbocycles. The van der Waals surface area contributed by atoms with Crippen molar-refractivity contribution in [2.24, 2.45) is 0 Å². The fourth-order valence-electron chi connectivity index (χ4n) is 2.99. The highest BCUT2D eigenvalue weighted by atomic mass is 79.9. The Morgan fingerprint density at radius 2 is 1.78 bits per heavy atom. The van der Waals surface area contributed by atoms with E-state index in [1.807, 2.05) is 55.5 Å². The second kappa shape index (κ2) is 9.73.